The molecule has 1 heterocycles. The maximum absolute atomic E-state index is 4.88. The van der Waals surface area contributed by atoms with Crippen LogP contribution in [0.1, 0.15) is 0 Å². The van der Waals surface area contributed by atoms with Gasteiger partial charge in [0.25, 0.3) is 0 Å². The first-order chi connectivity index (χ1) is 5.61. The summed E-state index contributed by atoms with van der Waals surface area (Å²) in [6.45, 7) is 3.39. The summed E-state index contributed by atoms with van der Waals surface area (Å²) in [5.41, 5.74) is 0. The number of hydrogen-bond acceptors (Lipinski definition) is 4. The summed E-state index contributed by atoms with van der Waals surface area (Å²) in [4.78, 5) is 3.99. The van der Waals surface area contributed by atoms with Gasteiger partial charge < -0.3 is 65.0 Å². The molecule has 0 radical (unpaired) electrons. The van der Waals surface area contributed by atoms with E-state index in [1.807, 2.05) is 9.80 Å². The summed E-state index contributed by atoms with van der Waals surface area (Å²) < 4.78 is 1.09. The Morgan fingerprint density at radius 2 is 1.00 bits per heavy atom. The van der Waals surface area contributed by atoms with E-state index < -0.39 is 0 Å². The van der Waals surface area contributed by atoms with Gasteiger partial charge in [-0.15, -0.1) is 0 Å². The Kier molecular flexibility index (Phi) is 19.6. The molecule has 0 spiro atoms. The van der Waals surface area contributed by atoms with Gasteiger partial charge in [-0.25, -0.2) is 0 Å². The van der Waals surface area contributed by atoms with E-state index in [2.05, 4.69) is 0 Å². The van der Waals surface area contributed by atoms with Crippen LogP contribution in [0.3, 0.4) is 0 Å². The van der Waals surface area contributed by atoms with Crippen molar-refractivity contribution in [3.05, 3.63) is 0 Å². The first-order valence-corrected chi connectivity index (χ1v) is 5.16. The standard InChI is InChI=1S/C6H10N2S4.2K.H2O/c9-5(10)7-1-2-8(4-3-7)6(11)12;;;/h1-4H2,(H,9,10)(H,11,12);;;1H2/q;2*+1;/p-2. The van der Waals surface area contributed by atoms with Gasteiger partial charge in [-0.3, -0.25) is 0 Å². The van der Waals surface area contributed by atoms with E-state index >= 15 is 0 Å². The van der Waals surface area contributed by atoms with Gasteiger partial charge >= 0.3 is 103 Å². The fraction of sp³-hybridized carbons (Fsp3) is 0.667. The van der Waals surface area contributed by atoms with Gasteiger partial charge in [0, 0.05) is 26.2 Å². The van der Waals surface area contributed by atoms with Crippen molar-refractivity contribution in [2.75, 3.05) is 26.2 Å². The predicted molar refractivity (Wildman–Crippen MR) is 66.7 cm³/mol. The molecule has 2 N–H and O–H groups in total. The number of nitrogens with zero attached hydrogens (tertiary/aromatic N) is 2. The summed E-state index contributed by atoms with van der Waals surface area (Å²) in [7, 11) is 0. The van der Waals surface area contributed by atoms with Crippen molar-refractivity contribution in [2.45, 2.75) is 0 Å². The first kappa shape index (κ1) is 23.5. The third-order valence-corrected chi connectivity index (χ3v) is 2.83. The Morgan fingerprint density at radius 1 is 0.800 bits per heavy atom. The second-order valence-corrected chi connectivity index (χ2v) is 4.57. The van der Waals surface area contributed by atoms with Gasteiger partial charge in [0.05, 0.1) is 0 Å². The van der Waals surface area contributed by atoms with E-state index in [0.29, 0.717) is 8.64 Å². The predicted octanol–water partition coefficient (Wildman–Crippen LogP) is -6.55. The molecule has 1 fully saturated rings. The molecule has 1 rings (SSSR count). The molecular formula is C6H10K2N2OS4. The maximum Gasteiger partial charge on any atom is 1.00 e. The third-order valence-electron chi connectivity index (χ3n) is 1.80. The molecule has 3 nitrogen and oxygen atoms in total. The molecular weight excluding hydrogens is 323 g/mol. The Labute approximate surface area is 197 Å². The van der Waals surface area contributed by atoms with Crippen molar-refractivity contribution in [1.82, 2.24) is 9.80 Å². The fourth-order valence-electron chi connectivity index (χ4n) is 1.07. The van der Waals surface area contributed by atoms with Crippen LogP contribution < -0.4 is 103 Å². The Hall–Kier alpha value is 3.45. The average Bonchev–Trinajstić information content (AvgIpc) is 2.04. The minimum atomic E-state index is 0. The number of rotatable bonds is 0. The molecule has 1 saturated heterocycles. The minimum absolute atomic E-state index is 0. The second-order valence-electron chi connectivity index (χ2n) is 2.51. The summed E-state index contributed by atoms with van der Waals surface area (Å²) in [6.07, 6.45) is 0. The Morgan fingerprint density at radius 3 is 1.13 bits per heavy atom. The van der Waals surface area contributed by atoms with Crippen LogP contribution in [0.2, 0.25) is 0 Å². The quantitative estimate of drug-likeness (QED) is 0.250. The third kappa shape index (κ3) is 9.06. The van der Waals surface area contributed by atoms with Gasteiger partial charge in [-0.05, 0) is 0 Å². The molecule has 9 heteroatoms. The molecule has 1 aliphatic heterocycles. The van der Waals surface area contributed by atoms with Crippen molar-refractivity contribution >= 4 is 58.3 Å². The molecule has 0 aromatic rings. The van der Waals surface area contributed by atoms with Crippen LogP contribution in [0.5, 0.6) is 0 Å². The van der Waals surface area contributed by atoms with Crippen LogP contribution in [0.4, 0.5) is 0 Å². The zero-order valence-corrected chi connectivity index (χ0v) is 18.4. The molecule has 0 aromatic carbocycles. The Balaban J connectivity index is -0.000000480. The minimum Gasteiger partial charge on any atom is -0.412 e. The topological polar surface area (TPSA) is 38.0 Å². The largest absolute Gasteiger partial charge is 1.00 e. The van der Waals surface area contributed by atoms with Gasteiger partial charge in [0.15, 0.2) is 0 Å². The van der Waals surface area contributed by atoms with E-state index in [-0.39, 0.29) is 108 Å². The zero-order chi connectivity index (χ0) is 9.14. The molecule has 0 amide bonds. The van der Waals surface area contributed by atoms with Crippen molar-refractivity contribution < 1.29 is 108 Å². The molecule has 76 valence electrons. The monoisotopic (exact) mass is 332 g/mol. The number of thiocarbonyl (C=S) groups is 2. The smallest absolute Gasteiger partial charge is 0.412 e. The number of piperazine rings is 1. The zero-order valence-electron chi connectivity index (χ0n) is 8.86. The summed E-state index contributed by atoms with van der Waals surface area (Å²) in [5.74, 6) is 0. The van der Waals surface area contributed by atoms with Gasteiger partial charge in [-0.2, -0.15) is 0 Å². The maximum atomic E-state index is 4.88. The SMILES string of the molecule is O.S=C([S-])N1CCN(C(=S)[S-])CC1.[K+].[K+]. The van der Waals surface area contributed by atoms with Crippen molar-refractivity contribution in [2.24, 2.45) is 0 Å². The van der Waals surface area contributed by atoms with Crippen LogP contribution in [0.15, 0.2) is 0 Å². The van der Waals surface area contributed by atoms with Crippen molar-refractivity contribution in [3.8, 4) is 0 Å². The fourth-order valence-corrected chi connectivity index (χ4v) is 1.80. The molecule has 0 unspecified atom stereocenters. The van der Waals surface area contributed by atoms with Gasteiger partial charge in [0.1, 0.15) is 0 Å². The van der Waals surface area contributed by atoms with Crippen LogP contribution in [-0.2, 0) is 25.3 Å². The van der Waals surface area contributed by atoms with Crippen molar-refractivity contribution in [1.29, 1.82) is 0 Å². The Bertz CT molecular complexity index is 189. The van der Waals surface area contributed by atoms with E-state index in [1.165, 1.54) is 0 Å². The molecule has 1 aliphatic rings. The normalized spacial score (nSPS) is 14.1. The molecule has 0 atom stereocenters. The first-order valence-electron chi connectivity index (χ1n) is 3.53. The van der Waals surface area contributed by atoms with Crippen LogP contribution >= 0.6 is 24.4 Å². The van der Waals surface area contributed by atoms with E-state index in [0.717, 1.165) is 26.2 Å². The average molecular weight is 333 g/mol. The molecule has 0 bridgehead atoms. The molecule has 0 aliphatic carbocycles. The van der Waals surface area contributed by atoms with Crippen LogP contribution in [0.25, 0.3) is 0 Å². The number of hydrogen-bond donors (Lipinski definition) is 0. The van der Waals surface area contributed by atoms with Crippen LogP contribution in [-0.4, -0.2) is 50.1 Å². The molecule has 0 saturated carbocycles. The molecule has 15 heavy (non-hydrogen) atoms. The summed E-state index contributed by atoms with van der Waals surface area (Å²) >= 11 is 19.5. The molecule has 0 aromatic heterocycles. The van der Waals surface area contributed by atoms with Crippen molar-refractivity contribution in [3.63, 3.8) is 0 Å². The summed E-state index contributed by atoms with van der Waals surface area (Å²) in [6, 6.07) is 0. The van der Waals surface area contributed by atoms with E-state index in [4.69, 9.17) is 49.7 Å². The van der Waals surface area contributed by atoms with Gasteiger partial charge in [0.2, 0.25) is 0 Å². The second kappa shape index (κ2) is 12.5. The van der Waals surface area contributed by atoms with E-state index in [1.54, 1.807) is 0 Å². The van der Waals surface area contributed by atoms with Gasteiger partial charge in [-0.1, -0.05) is 8.64 Å². The van der Waals surface area contributed by atoms with E-state index in [9.17, 15) is 0 Å². The summed E-state index contributed by atoms with van der Waals surface area (Å²) in [5, 5.41) is 0. The van der Waals surface area contributed by atoms with Crippen LogP contribution in [0, 0.1) is 0 Å².